The minimum absolute atomic E-state index is 0.121. The third-order valence-corrected chi connectivity index (χ3v) is 3.50. The van der Waals surface area contributed by atoms with Crippen molar-refractivity contribution in [3.05, 3.63) is 24.3 Å². The van der Waals surface area contributed by atoms with Crippen LogP contribution in [-0.4, -0.2) is 19.5 Å². The molecule has 0 bridgehead atoms. The summed E-state index contributed by atoms with van der Waals surface area (Å²) in [6.45, 7) is 5.23. The third-order valence-electron chi connectivity index (χ3n) is 3.50. The molecule has 0 aliphatic heterocycles. The van der Waals surface area contributed by atoms with Gasteiger partial charge in [-0.3, -0.25) is 4.79 Å². The lowest BCUT2D eigenvalue weighted by Gasteiger charge is -2.41. The Morgan fingerprint density at radius 3 is 2.88 bits per heavy atom. The lowest BCUT2D eigenvalue weighted by molar-refractivity contribution is -0.155. The van der Waals surface area contributed by atoms with E-state index in [2.05, 4.69) is 11.3 Å². The van der Waals surface area contributed by atoms with E-state index in [4.69, 9.17) is 0 Å². The molecule has 0 N–H and O–H groups in total. The molecule has 0 aromatic heterocycles. The molecule has 0 unspecified atom stereocenters. The van der Waals surface area contributed by atoms with E-state index in [-0.39, 0.29) is 12.8 Å². The van der Waals surface area contributed by atoms with Gasteiger partial charge in [0.1, 0.15) is 0 Å². The van der Waals surface area contributed by atoms with E-state index in [9.17, 15) is 13.6 Å². The molecule has 0 fully saturated rings. The summed E-state index contributed by atoms with van der Waals surface area (Å²) < 4.78 is 31.5. The average Bonchev–Trinajstić information content (AvgIpc) is 2.28. The van der Waals surface area contributed by atoms with Crippen LogP contribution in [-0.2, 0) is 9.53 Å². The van der Waals surface area contributed by atoms with Crippen molar-refractivity contribution in [1.82, 2.24) is 0 Å². The van der Waals surface area contributed by atoms with Gasteiger partial charge in [0, 0.05) is 0 Å². The molecule has 0 heterocycles. The summed E-state index contributed by atoms with van der Waals surface area (Å²) in [5.41, 5.74) is -0.682. The second-order valence-electron chi connectivity index (χ2n) is 4.47. The molecule has 1 rings (SSSR count). The fourth-order valence-electron chi connectivity index (χ4n) is 2.64. The van der Waals surface area contributed by atoms with Gasteiger partial charge in [0.15, 0.2) is 0 Å². The van der Waals surface area contributed by atoms with Gasteiger partial charge in [-0.25, -0.2) is 8.78 Å². The SMILES string of the molecule is C=CC[C@]1(C(F)F)CCC=C(C)[C@@H]1C(=O)OC. The van der Waals surface area contributed by atoms with E-state index in [0.717, 1.165) is 0 Å². The van der Waals surface area contributed by atoms with Gasteiger partial charge in [-0.1, -0.05) is 17.7 Å². The van der Waals surface area contributed by atoms with E-state index in [1.54, 1.807) is 6.92 Å². The molecular formula is C13H18F2O2. The van der Waals surface area contributed by atoms with E-state index in [0.29, 0.717) is 12.0 Å². The van der Waals surface area contributed by atoms with Crippen LogP contribution >= 0.6 is 0 Å². The molecule has 0 amide bonds. The molecule has 1 aliphatic carbocycles. The zero-order chi connectivity index (χ0) is 13.1. The molecule has 0 aromatic carbocycles. The molecule has 17 heavy (non-hydrogen) atoms. The Morgan fingerprint density at radius 2 is 2.41 bits per heavy atom. The van der Waals surface area contributed by atoms with Gasteiger partial charge in [-0.05, 0) is 26.2 Å². The number of hydrogen-bond acceptors (Lipinski definition) is 2. The number of carbonyl (C=O) groups excluding carboxylic acids is 1. The fourth-order valence-corrected chi connectivity index (χ4v) is 2.64. The summed E-state index contributed by atoms with van der Waals surface area (Å²) in [6.07, 6.45) is 1.71. The first-order chi connectivity index (χ1) is 7.99. The van der Waals surface area contributed by atoms with Crippen LogP contribution in [0.2, 0.25) is 0 Å². The van der Waals surface area contributed by atoms with Crippen molar-refractivity contribution in [2.24, 2.45) is 11.3 Å². The second-order valence-corrected chi connectivity index (χ2v) is 4.47. The summed E-state index contributed by atoms with van der Waals surface area (Å²) in [7, 11) is 1.23. The smallest absolute Gasteiger partial charge is 0.313 e. The van der Waals surface area contributed by atoms with Crippen LogP contribution < -0.4 is 0 Å². The summed E-state index contributed by atoms with van der Waals surface area (Å²) in [6, 6.07) is 0. The van der Waals surface area contributed by atoms with Crippen LogP contribution in [0.25, 0.3) is 0 Å². The Morgan fingerprint density at radius 1 is 1.76 bits per heavy atom. The van der Waals surface area contributed by atoms with Crippen molar-refractivity contribution >= 4 is 5.97 Å². The number of alkyl halides is 2. The Labute approximate surface area is 100 Å². The van der Waals surface area contributed by atoms with Crippen LogP contribution in [0.4, 0.5) is 8.78 Å². The highest BCUT2D eigenvalue weighted by molar-refractivity contribution is 5.77. The number of halogens is 2. The van der Waals surface area contributed by atoms with Crippen LogP contribution in [0, 0.1) is 11.3 Å². The van der Waals surface area contributed by atoms with E-state index in [1.807, 2.05) is 6.08 Å². The first-order valence-electron chi connectivity index (χ1n) is 5.63. The van der Waals surface area contributed by atoms with Crippen LogP contribution in [0.5, 0.6) is 0 Å². The molecule has 0 spiro atoms. The normalized spacial score (nSPS) is 28.8. The van der Waals surface area contributed by atoms with Crippen molar-refractivity contribution in [3.63, 3.8) is 0 Å². The molecule has 4 heteroatoms. The van der Waals surface area contributed by atoms with Crippen molar-refractivity contribution in [3.8, 4) is 0 Å². The second kappa shape index (κ2) is 5.43. The Bertz CT molecular complexity index is 336. The maximum absolute atomic E-state index is 13.4. The van der Waals surface area contributed by atoms with E-state index < -0.39 is 23.7 Å². The number of esters is 1. The largest absolute Gasteiger partial charge is 0.469 e. The van der Waals surface area contributed by atoms with E-state index >= 15 is 0 Å². The van der Waals surface area contributed by atoms with Gasteiger partial charge >= 0.3 is 5.97 Å². The molecule has 0 aromatic rings. The first-order valence-corrected chi connectivity index (χ1v) is 5.63. The summed E-state index contributed by atoms with van der Waals surface area (Å²) in [5.74, 6) is -1.44. The summed E-state index contributed by atoms with van der Waals surface area (Å²) in [4.78, 5) is 11.7. The summed E-state index contributed by atoms with van der Waals surface area (Å²) in [5, 5.41) is 0. The number of hydrogen-bond donors (Lipinski definition) is 0. The topological polar surface area (TPSA) is 26.3 Å². The van der Waals surface area contributed by atoms with Gasteiger partial charge in [0.2, 0.25) is 6.43 Å². The molecular weight excluding hydrogens is 226 g/mol. The average molecular weight is 244 g/mol. The standard InChI is InChI=1S/C13H18F2O2/c1-4-7-13(12(14)15)8-5-6-9(2)10(13)11(16)17-3/h4,6,10,12H,1,5,7-8H2,2-3H3/t10-,13+/m1/s1. The number of allylic oxidation sites excluding steroid dienone is 2. The minimum atomic E-state index is -2.56. The highest BCUT2D eigenvalue weighted by Gasteiger charge is 2.51. The molecule has 0 saturated carbocycles. The summed E-state index contributed by atoms with van der Waals surface area (Å²) >= 11 is 0. The van der Waals surface area contributed by atoms with Crippen molar-refractivity contribution in [2.45, 2.75) is 32.6 Å². The van der Waals surface area contributed by atoms with E-state index in [1.165, 1.54) is 13.2 Å². The van der Waals surface area contributed by atoms with Crippen LogP contribution in [0.15, 0.2) is 24.3 Å². The maximum atomic E-state index is 13.4. The molecule has 2 atom stereocenters. The van der Waals surface area contributed by atoms with Gasteiger partial charge in [-0.15, -0.1) is 6.58 Å². The first kappa shape index (κ1) is 13.9. The fraction of sp³-hybridized carbons (Fsp3) is 0.615. The highest BCUT2D eigenvalue weighted by Crippen LogP contribution is 2.49. The molecule has 0 radical (unpaired) electrons. The number of rotatable bonds is 4. The minimum Gasteiger partial charge on any atom is -0.469 e. The molecule has 1 aliphatic rings. The van der Waals surface area contributed by atoms with Gasteiger partial charge in [-0.2, -0.15) is 0 Å². The predicted molar refractivity (Wildman–Crippen MR) is 61.7 cm³/mol. The maximum Gasteiger partial charge on any atom is 0.313 e. The monoisotopic (exact) mass is 244 g/mol. The Balaban J connectivity index is 3.20. The van der Waals surface area contributed by atoms with Crippen molar-refractivity contribution < 1.29 is 18.3 Å². The number of carbonyl (C=O) groups is 1. The lowest BCUT2D eigenvalue weighted by atomic mass is 9.64. The zero-order valence-corrected chi connectivity index (χ0v) is 10.2. The van der Waals surface area contributed by atoms with Gasteiger partial charge in [0.05, 0.1) is 18.4 Å². The Hall–Kier alpha value is -1.19. The quantitative estimate of drug-likeness (QED) is 0.560. The highest BCUT2D eigenvalue weighted by atomic mass is 19.3. The van der Waals surface area contributed by atoms with Gasteiger partial charge < -0.3 is 4.74 Å². The zero-order valence-electron chi connectivity index (χ0n) is 10.2. The van der Waals surface area contributed by atoms with Crippen LogP contribution in [0.1, 0.15) is 26.2 Å². The van der Waals surface area contributed by atoms with Crippen LogP contribution in [0.3, 0.4) is 0 Å². The lowest BCUT2D eigenvalue weighted by Crippen LogP contribution is -2.44. The van der Waals surface area contributed by atoms with Crippen molar-refractivity contribution in [2.75, 3.05) is 7.11 Å². The Kier molecular flexibility index (Phi) is 4.43. The van der Waals surface area contributed by atoms with Crippen molar-refractivity contribution in [1.29, 1.82) is 0 Å². The number of methoxy groups -OCH3 is 1. The third kappa shape index (κ3) is 2.40. The molecule has 0 saturated heterocycles. The molecule has 2 nitrogen and oxygen atoms in total. The van der Waals surface area contributed by atoms with Gasteiger partial charge in [0.25, 0.3) is 0 Å². The number of ether oxygens (including phenoxy) is 1. The molecule has 96 valence electrons. The predicted octanol–water partition coefficient (Wildman–Crippen LogP) is 3.34.